The minimum Gasteiger partial charge on any atom is -0.466 e. The molecule has 0 fully saturated rings. The number of carbonyl (C=O) groups is 2. The monoisotopic (exact) mass is 498 g/mol. The Morgan fingerprint density at radius 3 is 1.92 bits per heavy atom. The van der Waals surface area contributed by atoms with E-state index in [-0.39, 0.29) is 12.1 Å². The second-order valence-corrected chi connectivity index (χ2v) is 8.82. The number of fused-ring (bicyclic) bond motifs is 7. The lowest BCUT2D eigenvalue weighted by atomic mass is 9.91. The van der Waals surface area contributed by atoms with Gasteiger partial charge in [0.25, 0.3) is 0 Å². The van der Waals surface area contributed by atoms with E-state index < -0.39 is 5.97 Å². The molecule has 0 N–H and O–H groups in total. The van der Waals surface area contributed by atoms with Crippen LogP contribution < -0.4 is 9.47 Å². The average Bonchev–Trinajstić information content (AvgIpc) is 3.11. The number of benzene rings is 4. The van der Waals surface area contributed by atoms with Crippen LogP contribution in [0.1, 0.15) is 11.1 Å². The third-order valence-electron chi connectivity index (χ3n) is 5.89. The fraction of sp³-hybridized carbons (Fsp3) is 0.103. The molecule has 0 unspecified atom stereocenters. The van der Waals surface area contributed by atoms with Crippen molar-refractivity contribution in [3.05, 3.63) is 83.3 Å². The van der Waals surface area contributed by atoms with E-state index in [4.69, 9.17) is 14.2 Å². The van der Waals surface area contributed by atoms with Crippen LogP contribution in [0.2, 0.25) is 0 Å². The predicted molar refractivity (Wildman–Crippen MR) is 143 cm³/mol. The van der Waals surface area contributed by atoms with Crippen molar-refractivity contribution in [1.82, 2.24) is 0 Å². The number of thioether (sulfide) groups is 1. The summed E-state index contributed by atoms with van der Waals surface area (Å²) in [5.41, 5.74) is 3.77. The van der Waals surface area contributed by atoms with E-state index in [9.17, 15) is 9.59 Å². The van der Waals surface area contributed by atoms with Gasteiger partial charge in [-0.05, 0) is 86.3 Å². The van der Waals surface area contributed by atoms with E-state index >= 15 is 0 Å². The van der Waals surface area contributed by atoms with Crippen molar-refractivity contribution in [2.24, 2.45) is 0 Å². The van der Waals surface area contributed by atoms with Gasteiger partial charge in [0.05, 0.1) is 14.2 Å². The van der Waals surface area contributed by atoms with Gasteiger partial charge >= 0.3 is 11.3 Å². The Labute approximate surface area is 212 Å². The highest BCUT2D eigenvalue weighted by Crippen LogP contribution is 2.47. The Hall–Kier alpha value is -4.23. The molecule has 1 aliphatic heterocycles. The number of esters is 1. The van der Waals surface area contributed by atoms with Crippen LogP contribution in [0.3, 0.4) is 0 Å². The maximum Gasteiger partial charge on any atom is 0.371 e. The molecular weight excluding hydrogens is 476 g/mol. The zero-order valence-corrected chi connectivity index (χ0v) is 20.5. The second-order valence-electron chi connectivity index (χ2n) is 7.98. The lowest BCUT2D eigenvalue weighted by molar-refractivity contribution is -0.134. The molecule has 0 saturated heterocycles. The first kappa shape index (κ1) is 23.5. The quantitative estimate of drug-likeness (QED) is 0.221. The molecule has 0 bridgehead atoms. The van der Waals surface area contributed by atoms with Crippen molar-refractivity contribution in [3.63, 3.8) is 0 Å². The molecule has 4 aromatic rings. The SMILES string of the molecule is COC(=O)/C=C/c1ccc2c3c(ccc2c1)OCOc1ccc2cc(/C=C/SC(=O)OC)ccc2c1-3. The average molecular weight is 499 g/mol. The van der Waals surface area contributed by atoms with Crippen molar-refractivity contribution in [1.29, 1.82) is 0 Å². The molecule has 0 aromatic heterocycles. The van der Waals surface area contributed by atoms with Crippen LogP contribution in [0.4, 0.5) is 4.79 Å². The first-order valence-electron chi connectivity index (χ1n) is 11.1. The van der Waals surface area contributed by atoms with Gasteiger partial charge < -0.3 is 18.9 Å². The van der Waals surface area contributed by atoms with Crippen LogP contribution in [-0.4, -0.2) is 32.3 Å². The van der Waals surface area contributed by atoms with E-state index in [1.807, 2.05) is 54.6 Å². The normalized spacial score (nSPS) is 12.6. The minimum absolute atomic E-state index is 0.114. The summed E-state index contributed by atoms with van der Waals surface area (Å²) in [6.07, 6.45) is 5.01. The molecule has 6 nitrogen and oxygen atoms in total. The predicted octanol–water partition coefficient (Wildman–Crippen LogP) is 7.05. The van der Waals surface area contributed by atoms with Crippen molar-refractivity contribution in [3.8, 4) is 22.6 Å². The first-order valence-corrected chi connectivity index (χ1v) is 12.0. The number of hydrogen-bond acceptors (Lipinski definition) is 7. The molecule has 180 valence electrons. The van der Waals surface area contributed by atoms with Crippen LogP contribution in [0.25, 0.3) is 44.8 Å². The summed E-state index contributed by atoms with van der Waals surface area (Å²) in [7, 11) is 2.71. The first-order chi connectivity index (χ1) is 17.6. The van der Waals surface area contributed by atoms with Crippen molar-refractivity contribution >= 4 is 56.7 Å². The number of hydrogen-bond donors (Lipinski definition) is 0. The van der Waals surface area contributed by atoms with Gasteiger partial charge in [-0.25, -0.2) is 9.59 Å². The van der Waals surface area contributed by atoms with E-state index in [1.54, 1.807) is 11.5 Å². The molecule has 1 aliphatic rings. The summed E-state index contributed by atoms with van der Waals surface area (Å²) >= 11 is 0.993. The Morgan fingerprint density at radius 2 is 1.36 bits per heavy atom. The van der Waals surface area contributed by atoms with Gasteiger partial charge in [0, 0.05) is 17.2 Å². The summed E-state index contributed by atoms with van der Waals surface area (Å²) in [5, 5.41) is 5.43. The van der Waals surface area contributed by atoms with Crippen LogP contribution in [0, 0.1) is 0 Å². The largest absolute Gasteiger partial charge is 0.466 e. The van der Waals surface area contributed by atoms with Crippen molar-refractivity contribution < 1.29 is 28.5 Å². The van der Waals surface area contributed by atoms with Gasteiger partial charge in [-0.2, -0.15) is 0 Å². The van der Waals surface area contributed by atoms with Crippen molar-refractivity contribution in [2.45, 2.75) is 0 Å². The smallest absolute Gasteiger partial charge is 0.371 e. The Bertz CT molecular complexity index is 1550. The van der Waals surface area contributed by atoms with E-state index in [0.29, 0.717) is 0 Å². The van der Waals surface area contributed by atoms with E-state index in [2.05, 4.69) is 16.9 Å². The second kappa shape index (κ2) is 10.2. The lowest BCUT2D eigenvalue weighted by Crippen LogP contribution is -2.03. The summed E-state index contributed by atoms with van der Waals surface area (Å²) in [5.74, 6) is 1.08. The van der Waals surface area contributed by atoms with Crippen LogP contribution in [-0.2, 0) is 14.3 Å². The fourth-order valence-corrected chi connectivity index (χ4v) is 4.66. The third kappa shape index (κ3) is 4.65. The molecule has 0 saturated carbocycles. The van der Waals surface area contributed by atoms with E-state index in [0.717, 1.165) is 67.1 Å². The maximum atomic E-state index is 11.5. The molecular formula is C29H22O6S. The number of methoxy groups -OCH3 is 2. The molecule has 0 spiro atoms. The minimum atomic E-state index is -0.402. The Morgan fingerprint density at radius 1 is 0.778 bits per heavy atom. The number of carbonyl (C=O) groups excluding carboxylic acids is 2. The van der Waals surface area contributed by atoms with Crippen LogP contribution in [0.15, 0.2) is 72.1 Å². The Kier molecular flexibility index (Phi) is 6.64. The molecule has 7 heteroatoms. The summed E-state index contributed by atoms with van der Waals surface area (Å²) in [6.45, 7) is 0.114. The Balaban J connectivity index is 1.63. The van der Waals surface area contributed by atoms with Crippen LogP contribution >= 0.6 is 11.8 Å². The summed E-state index contributed by atoms with van der Waals surface area (Å²) in [4.78, 5) is 22.9. The highest BCUT2D eigenvalue weighted by atomic mass is 32.2. The highest BCUT2D eigenvalue weighted by molar-refractivity contribution is 8.15. The molecule has 5 rings (SSSR count). The lowest BCUT2D eigenvalue weighted by Gasteiger charge is -2.14. The zero-order valence-electron chi connectivity index (χ0n) is 19.6. The molecule has 0 atom stereocenters. The molecule has 0 aliphatic carbocycles. The van der Waals surface area contributed by atoms with E-state index in [1.165, 1.54) is 20.3 Å². The topological polar surface area (TPSA) is 71.1 Å². The molecule has 36 heavy (non-hydrogen) atoms. The van der Waals surface area contributed by atoms with Gasteiger partial charge in [-0.1, -0.05) is 36.4 Å². The number of ether oxygens (including phenoxy) is 4. The molecule has 0 amide bonds. The summed E-state index contributed by atoms with van der Waals surface area (Å²) < 4.78 is 21.3. The highest BCUT2D eigenvalue weighted by Gasteiger charge is 2.22. The van der Waals surface area contributed by atoms with Crippen molar-refractivity contribution in [2.75, 3.05) is 21.0 Å². The molecule has 1 heterocycles. The summed E-state index contributed by atoms with van der Waals surface area (Å²) in [6, 6.07) is 20.1. The van der Waals surface area contributed by atoms with Gasteiger partial charge in [-0.3, -0.25) is 0 Å². The standard InChI is InChI=1S/C29H22O6S/c1-32-26(30)12-5-18-3-8-22-20(15-18)6-10-24-27(22)28-23-9-4-19(13-14-36-29(31)33-2)16-21(23)7-11-25(28)35-17-34-24/h3-16H,17H2,1-2H3/b12-5+,14-13+. The third-order valence-corrected chi connectivity index (χ3v) is 6.53. The number of rotatable bonds is 4. The van der Waals surface area contributed by atoms with Crippen LogP contribution in [0.5, 0.6) is 11.5 Å². The molecule has 4 aromatic carbocycles. The molecule has 0 radical (unpaired) electrons. The fourth-order valence-electron chi connectivity index (χ4n) is 4.23. The van der Waals surface area contributed by atoms with Gasteiger partial charge in [0.2, 0.25) is 6.79 Å². The van der Waals surface area contributed by atoms with Gasteiger partial charge in [0.15, 0.2) is 0 Å². The van der Waals surface area contributed by atoms with Gasteiger partial charge in [-0.15, -0.1) is 0 Å². The zero-order chi connectivity index (χ0) is 25.1. The van der Waals surface area contributed by atoms with Gasteiger partial charge in [0.1, 0.15) is 11.5 Å². The maximum absolute atomic E-state index is 11.5.